The highest BCUT2D eigenvalue weighted by Crippen LogP contribution is 2.33. The van der Waals surface area contributed by atoms with Crippen LogP contribution in [-0.2, 0) is 14.8 Å². The average molecular weight is 555 g/mol. The molecule has 3 aromatic carbocycles. The molecule has 0 atom stereocenters. The Morgan fingerprint density at radius 2 is 1.66 bits per heavy atom. The number of nitrogens with one attached hydrogen (secondary N) is 1. The fourth-order valence-electron chi connectivity index (χ4n) is 3.55. The van der Waals surface area contributed by atoms with Crippen molar-refractivity contribution in [2.45, 2.75) is 11.8 Å². The number of hydrogen-bond acceptors (Lipinski definition) is 9. The van der Waals surface area contributed by atoms with Gasteiger partial charge in [-0.25, -0.2) is 8.42 Å². The average Bonchev–Trinajstić information content (AvgIpc) is 3.40. The van der Waals surface area contributed by atoms with Gasteiger partial charge in [0.15, 0.2) is 11.5 Å². The molecule has 10 nitrogen and oxygen atoms in total. The van der Waals surface area contributed by atoms with Crippen molar-refractivity contribution < 1.29 is 27.4 Å². The summed E-state index contributed by atoms with van der Waals surface area (Å²) in [5.41, 5.74) is 1.14. The van der Waals surface area contributed by atoms with Gasteiger partial charge in [0.1, 0.15) is 17.3 Å². The third-order valence-electron chi connectivity index (χ3n) is 5.36. The highest BCUT2D eigenvalue weighted by atomic mass is 32.2. The molecule has 0 saturated heterocycles. The molecule has 198 valence electrons. The minimum Gasteiger partial charge on any atom is -0.494 e. The first-order valence-electron chi connectivity index (χ1n) is 11.5. The van der Waals surface area contributed by atoms with E-state index in [9.17, 15) is 13.2 Å². The van der Waals surface area contributed by atoms with Crippen LogP contribution in [0.2, 0.25) is 0 Å². The zero-order valence-corrected chi connectivity index (χ0v) is 22.6. The molecule has 12 heteroatoms. The molecule has 1 aromatic heterocycles. The van der Waals surface area contributed by atoms with E-state index in [-0.39, 0.29) is 21.5 Å². The molecule has 0 aliphatic heterocycles. The van der Waals surface area contributed by atoms with Crippen molar-refractivity contribution in [1.29, 1.82) is 0 Å². The summed E-state index contributed by atoms with van der Waals surface area (Å²) in [6, 6.07) is 20.1. The predicted octanol–water partition coefficient (Wildman–Crippen LogP) is 4.46. The third kappa shape index (κ3) is 6.03. The van der Waals surface area contributed by atoms with Crippen molar-refractivity contribution in [2.24, 2.45) is 0 Å². The summed E-state index contributed by atoms with van der Waals surface area (Å²) >= 11 is 1.19. The molecule has 0 saturated carbocycles. The zero-order chi connectivity index (χ0) is 27.1. The molecular weight excluding hydrogens is 528 g/mol. The number of amides is 1. The van der Waals surface area contributed by atoms with E-state index < -0.39 is 22.5 Å². The maximum absolute atomic E-state index is 13.8. The molecule has 4 aromatic rings. The van der Waals surface area contributed by atoms with Crippen LogP contribution < -0.4 is 23.8 Å². The van der Waals surface area contributed by atoms with Crippen LogP contribution >= 0.6 is 11.3 Å². The first-order valence-corrected chi connectivity index (χ1v) is 13.8. The van der Waals surface area contributed by atoms with E-state index >= 15 is 0 Å². The van der Waals surface area contributed by atoms with E-state index in [1.54, 1.807) is 24.3 Å². The quantitative estimate of drug-likeness (QED) is 0.289. The zero-order valence-electron chi connectivity index (χ0n) is 21.0. The Hall–Kier alpha value is -4.16. The minimum atomic E-state index is -4.20. The van der Waals surface area contributed by atoms with E-state index in [0.717, 1.165) is 9.87 Å². The number of benzene rings is 3. The van der Waals surface area contributed by atoms with Gasteiger partial charge in [-0.3, -0.25) is 14.4 Å². The number of sulfonamides is 1. The van der Waals surface area contributed by atoms with Crippen molar-refractivity contribution in [3.8, 4) is 27.8 Å². The summed E-state index contributed by atoms with van der Waals surface area (Å²) in [7, 11) is -1.33. The molecular formula is C26H26N4O6S2. The highest BCUT2D eigenvalue weighted by Gasteiger charge is 2.29. The topological polar surface area (TPSA) is 120 Å². The second kappa shape index (κ2) is 11.9. The molecule has 4 rings (SSSR count). The molecule has 0 aliphatic rings. The van der Waals surface area contributed by atoms with Crippen LogP contribution in [0.4, 0.5) is 10.8 Å². The summed E-state index contributed by atoms with van der Waals surface area (Å²) in [4.78, 5) is 13.0. The number of hydrogen-bond donors (Lipinski definition) is 1. The normalized spacial score (nSPS) is 11.0. The molecule has 1 N–H and O–H groups in total. The Balaban J connectivity index is 1.63. The Labute approximate surface area is 224 Å². The lowest BCUT2D eigenvalue weighted by Gasteiger charge is -2.24. The van der Waals surface area contributed by atoms with Crippen molar-refractivity contribution in [1.82, 2.24) is 10.2 Å². The van der Waals surface area contributed by atoms with Gasteiger partial charge in [0.2, 0.25) is 11.0 Å². The highest BCUT2D eigenvalue weighted by molar-refractivity contribution is 7.92. The second-order valence-corrected chi connectivity index (χ2v) is 10.6. The van der Waals surface area contributed by atoms with E-state index in [2.05, 4.69) is 15.5 Å². The van der Waals surface area contributed by atoms with Crippen molar-refractivity contribution in [3.05, 3.63) is 72.8 Å². The Bertz CT molecular complexity index is 1490. The molecule has 0 spiro atoms. The van der Waals surface area contributed by atoms with E-state index in [4.69, 9.17) is 14.2 Å². The summed E-state index contributed by atoms with van der Waals surface area (Å²) in [5.74, 6) is 0.611. The Morgan fingerprint density at radius 1 is 0.947 bits per heavy atom. The largest absolute Gasteiger partial charge is 0.494 e. The Morgan fingerprint density at radius 3 is 2.32 bits per heavy atom. The molecule has 0 bridgehead atoms. The molecule has 0 radical (unpaired) electrons. The number of rotatable bonds is 11. The number of nitrogens with zero attached hydrogens (tertiary/aromatic N) is 3. The monoisotopic (exact) mass is 554 g/mol. The first-order chi connectivity index (χ1) is 18.3. The van der Waals surface area contributed by atoms with Crippen molar-refractivity contribution in [2.75, 3.05) is 37.0 Å². The number of carbonyl (C=O) groups excluding carboxylic acids is 1. The summed E-state index contributed by atoms with van der Waals surface area (Å²) in [5, 5.41) is 11.7. The van der Waals surface area contributed by atoms with Gasteiger partial charge < -0.3 is 14.2 Å². The van der Waals surface area contributed by atoms with Crippen LogP contribution in [0.1, 0.15) is 6.92 Å². The second-order valence-electron chi connectivity index (χ2n) is 7.78. The first kappa shape index (κ1) is 26.9. The number of anilines is 2. The van der Waals surface area contributed by atoms with Gasteiger partial charge in [-0.2, -0.15) is 0 Å². The van der Waals surface area contributed by atoms with E-state index in [0.29, 0.717) is 23.1 Å². The number of methoxy groups -OCH3 is 2. The van der Waals surface area contributed by atoms with Crippen molar-refractivity contribution >= 4 is 38.1 Å². The van der Waals surface area contributed by atoms with Crippen LogP contribution in [-0.4, -0.2) is 51.9 Å². The number of aromatic nitrogens is 2. The summed E-state index contributed by atoms with van der Waals surface area (Å²) in [6.07, 6.45) is 0. The van der Waals surface area contributed by atoms with Crippen LogP contribution in [0.3, 0.4) is 0 Å². The van der Waals surface area contributed by atoms with Gasteiger partial charge in [0.25, 0.3) is 10.0 Å². The standard InChI is InChI=1S/C26H26N4O6S2/c1-4-36-20-12-10-19(11-13-20)30(38(32,33)21-14-15-22(34-2)23(16-21)35-3)17-24(31)27-26-29-28-25(37-26)18-8-6-5-7-9-18/h5-16H,4,17H2,1-3H3,(H,27,29,31). The lowest BCUT2D eigenvalue weighted by Crippen LogP contribution is -2.38. The summed E-state index contributed by atoms with van der Waals surface area (Å²) in [6.45, 7) is 1.80. The van der Waals surface area contributed by atoms with Crippen molar-refractivity contribution in [3.63, 3.8) is 0 Å². The van der Waals surface area contributed by atoms with Crippen LogP contribution in [0.5, 0.6) is 17.2 Å². The predicted molar refractivity (Wildman–Crippen MR) is 146 cm³/mol. The number of ether oxygens (including phenoxy) is 3. The maximum atomic E-state index is 13.8. The molecule has 1 amide bonds. The van der Waals surface area contributed by atoms with Gasteiger partial charge in [-0.1, -0.05) is 41.7 Å². The molecule has 1 heterocycles. The summed E-state index contributed by atoms with van der Waals surface area (Å²) < 4.78 is 44.6. The molecule has 0 aliphatic carbocycles. The van der Waals surface area contributed by atoms with Crippen LogP contribution in [0.25, 0.3) is 10.6 Å². The molecule has 0 fully saturated rings. The molecule has 0 unspecified atom stereocenters. The van der Waals surface area contributed by atoms with Crippen LogP contribution in [0, 0.1) is 0 Å². The number of carbonyl (C=O) groups is 1. The lowest BCUT2D eigenvalue weighted by molar-refractivity contribution is -0.114. The van der Waals surface area contributed by atoms with E-state index in [1.807, 2.05) is 37.3 Å². The minimum absolute atomic E-state index is 0.0703. The SMILES string of the molecule is CCOc1ccc(N(CC(=O)Nc2nnc(-c3ccccc3)s2)S(=O)(=O)c2ccc(OC)c(OC)c2)cc1. The smallest absolute Gasteiger partial charge is 0.264 e. The maximum Gasteiger partial charge on any atom is 0.264 e. The lowest BCUT2D eigenvalue weighted by atomic mass is 10.2. The van der Waals surface area contributed by atoms with Gasteiger partial charge in [-0.05, 0) is 43.3 Å². The van der Waals surface area contributed by atoms with Gasteiger partial charge in [0, 0.05) is 11.6 Å². The van der Waals surface area contributed by atoms with Crippen LogP contribution in [0.15, 0.2) is 77.7 Å². The van der Waals surface area contributed by atoms with Gasteiger partial charge >= 0.3 is 0 Å². The van der Waals surface area contributed by atoms with Gasteiger partial charge in [0.05, 0.1) is 31.4 Å². The fourth-order valence-corrected chi connectivity index (χ4v) is 5.76. The Kier molecular flexibility index (Phi) is 8.44. The molecule has 38 heavy (non-hydrogen) atoms. The van der Waals surface area contributed by atoms with Gasteiger partial charge in [-0.15, -0.1) is 10.2 Å². The third-order valence-corrected chi connectivity index (χ3v) is 8.02. The fraction of sp³-hybridized carbons (Fsp3) is 0.192. The van der Waals surface area contributed by atoms with E-state index in [1.165, 1.54) is 43.8 Å².